The summed E-state index contributed by atoms with van der Waals surface area (Å²) in [5, 5.41) is 2.11. The van der Waals surface area contributed by atoms with Gasteiger partial charge in [-0.1, -0.05) is 18.9 Å². The number of methoxy groups -OCH3 is 1. The Balaban J connectivity index is 1.50. The van der Waals surface area contributed by atoms with Crippen LogP contribution in [0.25, 0.3) is 0 Å². The van der Waals surface area contributed by atoms with Gasteiger partial charge in [-0.2, -0.15) is 0 Å². The lowest BCUT2D eigenvalue weighted by molar-refractivity contribution is -0.105. The molecule has 1 saturated heterocycles. The summed E-state index contributed by atoms with van der Waals surface area (Å²) >= 11 is 1.78. The van der Waals surface area contributed by atoms with E-state index in [0.717, 1.165) is 44.7 Å². The summed E-state index contributed by atoms with van der Waals surface area (Å²) in [6, 6.07) is 8.46. The largest absolute Gasteiger partial charge is 0.496 e. The van der Waals surface area contributed by atoms with Crippen LogP contribution in [0.1, 0.15) is 55.5 Å². The molecule has 2 aromatic rings. The number of aromatic nitrogens is 1. The maximum atomic E-state index is 6.37. The van der Waals surface area contributed by atoms with E-state index in [9.17, 15) is 0 Å². The van der Waals surface area contributed by atoms with Gasteiger partial charge in [0, 0.05) is 30.5 Å². The fourth-order valence-electron chi connectivity index (χ4n) is 5.15. The molecule has 2 aliphatic rings. The Bertz CT molecular complexity index is 757. The van der Waals surface area contributed by atoms with Crippen LogP contribution >= 0.6 is 11.3 Å². The van der Waals surface area contributed by atoms with Crippen molar-refractivity contribution >= 4 is 11.3 Å². The van der Waals surface area contributed by atoms with Crippen molar-refractivity contribution in [2.45, 2.75) is 62.5 Å². The average molecular weight is 401 g/mol. The molecular formula is C23H32N2O2S. The first-order valence-corrected chi connectivity index (χ1v) is 11.4. The van der Waals surface area contributed by atoms with Gasteiger partial charge in [0.15, 0.2) is 0 Å². The highest BCUT2D eigenvalue weighted by Crippen LogP contribution is 2.49. The van der Waals surface area contributed by atoms with Crippen molar-refractivity contribution in [2.24, 2.45) is 0 Å². The van der Waals surface area contributed by atoms with E-state index in [0.29, 0.717) is 0 Å². The predicted molar refractivity (Wildman–Crippen MR) is 114 cm³/mol. The Hall–Kier alpha value is -1.43. The summed E-state index contributed by atoms with van der Waals surface area (Å²) < 4.78 is 11.9. The maximum absolute atomic E-state index is 6.37. The van der Waals surface area contributed by atoms with Gasteiger partial charge < -0.3 is 14.4 Å². The summed E-state index contributed by atoms with van der Waals surface area (Å²) in [5.74, 6) is 1.01. The Labute approximate surface area is 172 Å². The standard InChI is InChI=1S/C23H32N2O2S/c1-25(17-20-19(26-2)8-16-28-20)14-11-22(21-7-3-6-13-24-21)12-15-27-23(18-22)9-4-5-10-23/h3,6-8,13,16H,4-5,9-12,14-15,17-18H2,1-2H3/t22-/m1/s1. The van der Waals surface area contributed by atoms with Crippen LogP contribution in [0.15, 0.2) is 35.8 Å². The maximum Gasteiger partial charge on any atom is 0.134 e. The second-order valence-corrected chi connectivity index (χ2v) is 9.56. The highest BCUT2D eigenvalue weighted by molar-refractivity contribution is 7.10. The van der Waals surface area contributed by atoms with E-state index in [1.807, 2.05) is 12.3 Å². The van der Waals surface area contributed by atoms with Gasteiger partial charge in [0.1, 0.15) is 5.75 Å². The summed E-state index contributed by atoms with van der Waals surface area (Å²) in [6.45, 7) is 2.84. The molecule has 4 nitrogen and oxygen atoms in total. The van der Waals surface area contributed by atoms with E-state index in [-0.39, 0.29) is 11.0 Å². The summed E-state index contributed by atoms with van der Waals surface area (Å²) in [5.41, 5.74) is 1.47. The van der Waals surface area contributed by atoms with E-state index < -0.39 is 0 Å². The van der Waals surface area contributed by atoms with Gasteiger partial charge >= 0.3 is 0 Å². The van der Waals surface area contributed by atoms with Gasteiger partial charge in [0.2, 0.25) is 0 Å². The first-order chi connectivity index (χ1) is 13.6. The zero-order valence-electron chi connectivity index (χ0n) is 17.2. The smallest absolute Gasteiger partial charge is 0.134 e. The molecular weight excluding hydrogens is 368 g/mol. The van der Waals surface area contributed by atoms with Crippen LogP contribution in [0.5, 0.6) is 5.75 Å². The van der Waals surface area contributed by atoms with Crippen molar-refractivity contribution in [3.63, 3.8) is 0 Å². The third-order valence-corrected chi connectivity index (χ3v) is 7.57. The molecule has 0 aromatic carbocycles. The van der Waals surface area contributed by atoms with Crippen LogP contribution in [0, 0.1) is 0 Å². The van der Waals surface area contributed by atoms with E-state index >= 15 is 0 Å². The molecule has 1 aliphatic carbocycles. The average Bonchev–Trinajstić information content (AvgIpc) is 3.36. The zero-order valence-corrected chi connectivity index (χ0v) is 18.0. The molecule has 1 aliphatic heterocycles. The molecule has 0 unspecified atom stereocenters. The van der Waals surface area contributed by atoms with Crippen molar-refractivity contribution in [1.29, 1.82) is 0 Å². The quantitative estimate of drug-likeness (QED) is 0.652. The van der Waals surface area contributed by atoms with Gasteiger partial charge in [0.05, 0.1) is 17.6 Å². The van der Waals surface area contributed by atoms with Gasteiger partial charge in [-0.15, -0.1) is 11.3 Å². The van der Waals surface area contributed by atoms with Crippen molar-refractivity contribution < 1.29 is 9.47 Å². The number of pyridine rings is 1. The Kier molecular flexibility index (Phi) is 6.04. The first-order valence-electron chi connectivity index (χ1n) is 10.5. The topological polar surface area (TPSA) is 34.6 Å². The normalized spacial score (nSPS) is 24.1. The fraction of sp³-hybridized carbons (Fsp3) is 0.609. The van der Waals surface area contributed by atoms with Crippen LogP contribution in [0.4, 0.5) is 0 Å². The highest BCUT2D eigenvalue weighted by atomic mass is 32.1. The van der Waals surface area contributed by atoms with E-state index in [2.05, 4.69) is 35.5 Å². The summed E-state index contributed by atoms with van der Waals surface area (Å²) in [4.78, 5) is 8.55. The van der Waals surface area contributed by atoms with Gasteiger partial charge in [0.25, 0.3) is 0 Å². The molecule has 152 valence electrons. The molecule has 28 heavy (non-hydrogen) atoms. The highest BCUT2D eigenvalue weighted by Gasteiger charge is 2.48. The molecule has 1 spiro atoms. The molecule has 0 N–H and O–H groups in total. The van der Waals surface area contributed by atoms with Crippen molar-refractivity contribution in [2.75, 3.05) is 27.3 Å². The van der Waals surface area contributed by atoms with E-state index in [1.165, 1.54) is 36.3 Å². The lowest BCUT2D eigenvalue weighted by Crippen LogP contribution is -2.47. The second-order valence-electron chi connectivity index (χ2n) is 8.56. The number of thiophene rings is 1. The lowest BCUT2D eigenvalue weighted by Gasteiger charge is -2.47. The van der Waals surface area contributed by atoms with Crippen LogP contribution in [-0.2, 0) is 16.7 Å². The van der Waals surface area contributed by atoms with Crippen molar-refractivity contribution in [3.8, 4) is 5.75 Å². The third kappa shape index (κ3) is 4.12. The molecule has 3 heterocycles. The molecule has 4 rings (SSSR count). The number of nitrogens with zero attached hydrogens (tertiary/aromatic N) is 2. The Morgan fingerprint density at radius 2 is 2.07 bits per heavy atom. The predicted octanol–water partition coefficient (Wildman–Crippen LogP) is 5.03. The lowest BCUT2D eigenvalue weighted by atomic mass is 9.68. The SMILES string of the molecule is COc1ccsc1CN(C)CC[C@@]1(c2ccccn2)CCOC2(CCCC2)C1. The monoisotopic (exact) mass is 400 g/mol. The minimum atomic E-state index is 0.0886. The number of ether oxygens (including phenoxy) is 2. The van der Waals surface area contributed by atoms with Gasteiger partial charge in [-0.25, -0.2) is 0 Å². The third-order valence-electron chi connectivity index (χ3n) is 6.68. The Morgan fingerprint density at radius 1 is 1.21 bits per heavy atom. The van der Waals surface area contributed by atoms with Gasteiger partial charge in [-0.05, 0) is 69.3 Å². The summed E-state index contributed by atoms with van der Waals surface area (Å²) in [7, 11) is 3.97. The Morgan fingerprint density at radius 3 is 2.82 bits per heavy atom. The minimum Gasteiger partial charge on any atom is -0.496 e. The molecule has 5 heteroatoms. The second kappa shape index (κ2) is 8.52. The van der Waals surface area contributed by atoms with Crippen LogP contribution in [0.3, 0.4) is 0 Å². The zero-order chi connectivity index (χ0) is 19.5. The van der Waals surface area contributed by atoms with Crippen molar-refractivity contribution in [3.05, 3.63) is 46.4 Å². The molecule has 0 amide bonds. The number of hydrogen-bond acceptors (Lipinski definition) is 5. The van der Waals surface area contributed by atoms with Crippen LogP contribution in [-0.4, -0.2) is 42.8 Å². The van der Waals surface area contributed by atoms with Gasteiger partial charge in [-0.3, -0.25) is 4.98 Å². The number of hydrogen-bond donors (Lipinski definition) is 0. The van der Waals surface area contributed by atoms with Crippen LogP contribution in [0.2, 0.25) is 0 Å². The first kappa shape index (κ1) is 19.9. The fourth-order valence-corrected chi connectivity index (χ4v) is 6.07. The molecule has 1 saturated carbocycles. The minimum absolute atomic E-state index is 0.0886. The molecule has 2 fully saturated rings. The molecule has 0 radical (unpaired) electrons. The van der Waals surface area contributed by atoms with Crippen LogP contribution < -0.4 is 4.74 Å². The van der Waals surface area contributed by atoms with E-state index in [4.69, 9.17) is 14.5 Å². The summed E-state index contributed by atoms with van der Waals surface area (Å²) in [6.07, 6.45) is 10.3. The number of rotatable bonds is 7. The molecule has 2 aromatic heterocycles. The molecule has 0 bridgehead atoms. The van der Waals surface area contributed by atoms with Crippen molar-refractivity contribution in [1.82, 2.24) is 9.88 Å². The molecule has 1 atom stereocenters. The van der Waals surface area contributed by atoms with E-state index in [1.54, 1.807) is 18.4 Å².